The highest BCUT2D eigenvalue weighted by molar-refractivity contribution is 7.85. The van der Waals surface area contributed by atoms with E-state index < -0.39 is 10.8 Å². The van der Waals surface area contributed by atoms with Gasteiger partial charge in [-0.15, -0.1) is 0 Å². The fourth-order valence-corrected chi connectivity index (χ4v) is 5.11. The Kier molecular flexibility index (Phi) is 4.70. The molecule has 3 unspecified atom stereocenters. The normalized spacial score (nSPS) is 27.2. The highest BCUT2D eigenvalue weighted by Gasteiger charge is 2.37. The number of aryl methyl sites for hydroxylation is 2. The lowest BCUT2D eigenvalue weighted by Gasteiger charge is -2.40. The van der Waals surface area contributed by atoms with Gasteiger partial charge >= 0.3 is 0 Å². The molecule has 0 saturated heterocycles. The number of hydrogen-bond donors (Lipinski definition) is 1. The van der Waals surface area contributed by atoms with Crippen molar-refractivity contribution < 1.29 is 4.21 Å². The number of hydrogen-bond acceptors (Lipinski definition) is 2. The molecule has 1 aliphatic rings. The van der Waals surface area contributed by atoms with Gasteiger partial charge in [-0.25, -0.2) is 0 Å². The van der Waals surface area contributed by atoms with Gasteiger partial charge in [-0.05, 0) is 68.8 Å². The predicted octanol–water partition coefficient (Wildman–Crippen LogP) is 3.58. The van der Waals surface area contributed by atoms with Crippen LogP contribution in [-0.4, -0.2) is 22.5 Å². The average Bonchev–Trinajstić information content (AvgIpc) is 2.40. The molecule has 1 saturated carbocycles. The van der Waals surface area contributed by atoms with Gasteiger partial charge < -0.3 is 5.32 Å². The van der Waals surface area contributed by atoms with Crippen molar-refractivity contribution >= 4 is 10.8 Å². The van der Waals surface area contributed by atoms with E-state index in [9.17, 15) is 4.21 Å². The summed E-state index contributed by atoms with van der Waals surface area (Å²) in [6.07, 6.45) is 3.35. The molecule has 1 fully saturated rings. The summed E-state index contributed by atoms with van der Waals surface area (Å²) >= 11 is 0. The lowest BCUT2D eigenvalue weighted by Crippen LogP contribution is -2.47. The fraction of sp³-hybridized carbons (Fsp3) is 0.647. The molecule has 0 radical (unpaired) electrons. The molecule has 0 aromatic heterocycles. The third-order valence-electron chi connectivity index (χ3n) is 4.69. The molecule has 2 rings (SSSR count). The molecular formula is C17H27NOS. The van der Waals surface area contributed by atoms with Crippen LogP contribution in [-0.2, 0) is 10.8 Å². The van der Waals surface area contributed by atoms with E-state index in [4.69, 9.17) is 0 Å². The van der Waals surface area contributed by atoms with E-state index in [1.807, 2.05) is 13.1 Å². The summed E-state index contributed by atoms with van der Waals surface area (Å²) in [6.45, 7) is 8.78. The Bertz CT molecular complexity index is 510. The Morgan fingerprint density at radius 2 is 1.95 bits per heavy atom. The van der Waals surface area contributed by atoms with Crippen molar-refractivity contribution in [3.05, 3.63) is 29.3 Å². The van der Waals surface area contributed by atoms with E-state index in [1.165, 1.54) is 17.5 Å². The summed E-state index contributed by atoms with van der Waals surface area (Å²) in [4.78, 5) is 0.982. The summed E-state index contributed by atoms with van der Waals surface area (Å²) in [7, 11) is 1.07. The smallest absolute Gasteiger partial charge is 0.0576 e. The quantitative estimate of drug-likeness (QED) is 0.923. The first kappa shape index (κ1) is 15.7. The highest BCUT2D eigenvalue weighted by atomic mass is 32.2. The minimum Gasteiger partial charge on any atom is -0.316 e. The van der Waals surface area contributed by atoms with Crippen LogP contribution in [0, 0.1) is 19.3 Å². The Hall–Kier alpha value is -0.670. The van der Waals surface area contributed by atoms with Crippen LogP contribution >= 0.6 is 0 Å². The molecule has 1 aliphatic carbocycles. The van der Waals surface area contributed by atoms with Crippen molar-refractivity contribution in [1.82, 2.24) is 5.32 Å². The Balaban J connectivity index is 2.26. The lowest BCUT2D eigenvalue weighted by atomic mass is 9.75. The molecular weight excluding hydrogens is 266 g/mol. The van der Waals surface area contributed by atoms with Crippen LogP contribution in [0.15, 0.2) is 23.1 Å². The van der Waals surface area contributed by atoms with Crippen LogP contribution in [0.2, 0.25) is 0 Å². The Morgan fingerprint density at radius 3 is 2.55 bits per heavy atom. The highest BCUT2D eigenvalue weighted by Crippen LogP contribution is 2.38. The summed E-state index contributed by atoms with van der Waals surface area (Å²) in [5, 5.41) is 3.59. The van der Waals surface area contributed by atoms with Crippen molar-refractivity contribution in [3.8, 4) is 0 Å². The summed E-state index contributed by atoms with van der Waals surface area (Å²) in [5.41, 5.74) is 2.79. The maximum atomic E-state index is 13.0. The zero-order chi connectivity index (χ0) is 14.9. The molecule has 0 spiro atoms. The molecule has 0 aliphatic heterocycles. The van der Waals surface area contributed by atoms with Crippen LogP contribution in [0.4, 0.5) is 0 Å². The third kappa shape index (κ3) is 3.32. The van der Waals surface area contributed by atoms with Crippen LogP contribution in [0.3, 0.4) is 0 Å². The predicted molar refractivity (Wildman–Crippen MR) is 86.6 cm³/mol. The van der Waals surface area contributed by atoms with Crippen LogP contribution in [0.5, 0.6) is 0 Å². The van der Waals surface area contributed by atoms with Crippen molar-refractivity contribution in [2.45, 2.75) is 63.1 Å². The zero-order valence-electron chi connectivity index (χ0n) is 13.3. The molecule has 2 nitrogen and oxygen atoms in total. The number of rotatable bonds is 3. The fourth-order valence-electron chi connectivity index (χ4n) is 3.09. The van der Waals surface area contributed by atoms with E-state index in [1.54, 1.807) is 0 Å². The van der Waals surface area contributed by atoms with Crippen LogP contribution in [0.25, 0.3) is 0 Å². The van der Waals surface area contributed by atoms with Gasteiger partial charge in [0.15, 0.2) is 0 Å². The standard InChI is InChI=1S/C17H27NOS/c1-12-6-7-14(10-13(12)2)20(19)16-11-17(3,4)9-8-15(16)18-5/h6-7,10,15-16,18H,8-9,11H2,1-5H3. The topological polar surface area (TPSA) is 29.1 Å². The largest absolute Gasteiger partial charge is 0.316 e. The first-order chi connectivity index (χ1) is 9.34. The maximum absolute atomic E-state index is 13.0. The first-order valence-corrected chi connectivity index (χ1v) is 8.70. The van der Waals surface area contributed by atoms with Gasteiger partial charge in [-0.3, -0.25) is 4.21 Å². The molecule has 0 heterocycles. The minimum atomic E-state index is -0.927. The van der Waals surface area contributed by atoms with Gasteiger partial charge in [-0.1, -0.05) is 19.9 Å². The van der Waals surface area contributed by atoms with Crippen molar-refractivity contribution in [2.24, 2.45) is 5.41 Å². The number of nitrogens with one attached hydrogen (secondary N) is 1. The molecule has 1 aromatic carbocycles. The summed E-state index contributed by atoms with van der Waals surface area (Å²) < 4.78 is 13.0. The van der Waals surface area contributed by atoms with Crippen molar-refractivity contribution in [3.63, 3.8) is 0 Å². The van der Waals surface area contributed by atoms with Crippen LogP contribution < -0.4 is 5.32 Å². The monoisotopic (exact) mass is 293 g/mol. The third-order valence-corrected chi connectivity index (χ3v) is 6.45. The molecule has 1 N–H and O–H groups in total. The maximum Gasteiger partial charge on any atom is 0.0576 e. The van der Waals surface area contributed by atoms with Crippen LogP contribution in [0.1, 0.15) is 44.2 Å². The second-order valence-corrected chi connectivity index (χ2v) is 8.56. The first-order valence-electron chi connectivity index (χ1n) is 7.49. The van der Waals surface area contributed by atoms with E-state index in [0.717, 1.165) is 17.7 Å². The van der Waals surface area contributed by atoms with Gasteiger partial charge in [0.05, 0.1) is 16.0 Å². The van der Waals surface area contributed by atoms with Crippen molar-refractivity contribution in [1.29, 1.82) is 0 Å². The van der Waals surface area contributed by atoms with E-state index in [2.05, 4.69) is 45.1 Å². The molecule has 0 amide bonds. The van der Waals surface area contributed by atoms with Gasteiger partial charge in [0.1, 0.15) is 0 Å². The second kappa shape index (κ2) is 5.98. The van der Waals surface area contributed by atoms with Gasteiger partial charge in [0, 0.05) is 10.9 Å². The molecule has 0 bridgehead atoms. The minimum absolute atomic E-state index is 0.214. The number of benzene rings is 1. The zero-order valence-corrected chi connectivity index (χ0v) is 14.1. The molecule has 1 aromatic rings. The molecule has 112 valence electrons. The Labute approximate surface area is 125 Å². The van der Waals surface area contributed by atoms with E-state index >= 15 is 0 Å². The summed E-state index contributed by atoms with van der Waals surface area (Å²) in [5.74, 6) is 0. The van der Waals surface area contributed by atoms with E-state index in [-0.39, 0.29) is 5.25 Å². The van der Waals surface area contributed by atoms with Gasteiger partial charge in [0.2, 0.25) is 0 Å². The lowest BCUT2D eigenvalue weighted by molar-refractivity contribution is 0.216. The molecule has 3 atom stereocenters. The molecule has 3 heteroatoms. The van der Waals surface area contributed by atoms with Crippen molar-refractivity contribution in [2.75, 3.05) is 7.05 Å². The SMILES string of the molecule is CNC1CCC(C)(C)CC1S(=O)c1ccc(C)c(C)c1. The van der Waals surface area contributed by atoms with E-state index in [0.29, 0.717) is 11.5 Å². The van der Waals surface area contributed by atoms with Gasteiger partial charge in [-0.2, -0.15) is 0 Å². The van der Waals surface area contributed by atoms with Gasteiger partial charge in [0.25, 0.3) is 0 Å². The molecule has 20 heavy (non-hydrogen) atoms. The Morgan fingerprint density at radius 1 is 1.25 bits per heavy atom. The second-order valence-electron chi connectivity index (χ2n) is 6.88. The summed E-state index contributed by atoms with van der Waals surface area (Å²) in [6, 6.07) is 6.59. The average molecular weight is 293 g/mol.